The number of hydrogen-bond donors (Lipinski definition) is 0. The molecule has 0 radical (unpaired) electrons. The normalized spacial score (nSPS) is 17.4. The third kappa shape index (κ3) is 3.49. The van der Waals surface area contributed by atoms with Crippen LogP contribution in [0.2, 0.25) is 0 Å². The molecule has 0 unspecified atom stereocenters. The van der Waals surface area contributed by atoms with Crippen molar-refractivity contribution < 1.29 is 14.3 Å². The number of carbonyl (C=O) groups excluding carboxylic acids is 1. The Hall–Kier alpha value is -2.08. The molecule has 0 aliphatic carbocycles. The molecule has 3 heterocycles. The highest BCUT2D eigenvalue weighted by molar-refractivity contribution is 9.10. The molecule has 0 N–H and O–H groups in total. The summed E-state index contributed by atoms with van der Waals surface area (Å²) in [5, 5.41) is 0. The quantitative estimate of drug-likeness (QED) is 0.732. The molecule has 5 nitrogen and oxygen atoms in total. The van der Waals surface area contributed by atoms with E-state index in [1.807, 2.05) is 36.5 Å². The number of aromatic nitrogens is 1. The number of pyridine rings is 1. The van der Waals surface area contributed by atoms with E-state index >= 15 is 0 Å². The highest BCUT2D eigenvalue weighted by Crippen LogP contribution is 2.33. The summed E-state index contributed by atoms with van der Waals surface area (Å²) in [5.41, 5.74) is 0.712. The molecule has 2 aromatic rings. The molecule has 0 atom stereocenters. The number of Topliss-reactive ketones (excluding diaryl/α,β-unsaturated/α-hetero) is 1. The Bertz CT molecular complexity index is 771. The van der Waals surface area contributed by atoms with Gasteiger partial charge in [-0.1, -0.05) is 0 Å². The zero-order valence-corrected chi connectivity index (χ0v) is 15.4. The Kier molecular flexibility index (Phi) is 4.61. The molecule has 0 spiro atoms. The standard InChI is InChI=1S/C19H19BrN2O3/c20-15-2-4-18(21-12-15)22-7-5-13(6-8-22)19(23)14-1-3-16-17(11-14)25-10-9-24-16/h1-4,11-13H,5-10H2. The van der Waals surface area contributed by atoms with Gasteiger partial charge >= 0.3 is 0 Å². The lowest BCUT2D eigenvalue weighted by Gasteiger charge is -2.32. The Morgan fingerprint density at radius 1 is 1.08 bits per heavy atom. The van der Waals surface area contributed by atoms with Gasteiger partial charge in [-0.05, 0) is 59.1 Å². The van der Waals surface area contributed by atoms with Crippen molar-refractivity contribution in [2.75, 3.05) is 31.2 Å². The lowest BCUT2D eigenvalue weighted by atomic mass is 9.88. The van der Waals surface area contributed by atoms with E-state index in [4.69, 9.17) is 9.47 Å². The first-order valence-corrected chi connectivity index (χ1v) is 9.30. The van der Waals surface area contributed by atoms with Crippen molar-refractivity contribution >= 4 is 27.5 Å². The number of benzene rings is 1. The lowest BCUT2D eigenvalue weighted by molar-refractivity contribution is 0.0899. The van der Waals surface area contributed by atoms with Crippen LogP contribution in [0.5, 0.6) is 11.5 Å². The lowest BCUT2D eigenvalue weighted by Crippen LogP contribution is -2.36. The van der Waals surface area contributed by atoms with Crippen LogP contribution in [-0.4, -0.2) is 37.1 Å². The van der Waals surface area contributed by atoms with Gasteiger partial charge in [-0.3, -0.25) is 4.79 Å². The van der Waals surface area contributed by atoms with Gasteiger partial charge in [0.05, 0.1) is 0 Å². The number of hydrogen-bond acceptors (Lipinski definition) is 5. The van der Waals surface area contributed by atoms with Crippen LogP contribution in [0.15, 0.2) is 41.0 Å². The molecular formula is C19H19BrN2O3. The fourth-order valence-corrected chi connectivity index (χ4v) is 3.59. The number of ketones is 1. The summed E-state index contributed by atoms with van der Waals surface area (Å²) in [6, 6.07) is 9.50. The van der Waals surface area contributed by atoms with Crippen molar-refractivity contribution in [2.45, 2.75) is 12.8 Å². The summed E-state index contributed by atoms with van der Waals surface area (Å²) in [4.78, 5) is 19.5. The Balaban J connectivity index is 1.42. The van der Waals surface area contributed by atoms with Gasteiger partial charge in [-0.25, -0.2) is 4.98 Å². The molecule has 1 saturated heterocycles. The predicted molar refractivity (Wildman–Crippen MR) is 98.6 cm³/mol. The fourth-order valence-electron chi connectivity index (χ4n) is 3.36. The van der Waals surface area contributed by atoms with Crippen molar-refractivity contribution in [2.24, 2.45) is 5.92 Å². The van der Waals surface area contributed by atoms with Crippen LogP contribution in [-0.2, 0) is 0 Å². The van der Waals surface area contributed by atoms with Gasteiger partial charge in [-0.15, -0.1) is 0 Å². The first-order valence-electron chi connectivity index (χ1n) is 8.51. The van der Waals surface area contributed by atoms with Gasteiger partial charge in [0, 0.05) is 35.2 Å². The maximum Gasteiger partial charge on any atom is 0.166 e. The number of anilines is 1. The van der Waals surface area contributed by atoms with Crippen LogP contribution in [0, 0.1) is 5.92 Å². The smallest absolute Gasteiger partial charge is 0.166 e. The van der Waals surface area contributed by atoms with E-state index in [0.29, 0.717) is 24.5 Å². The van der Waals surface area contributed by atoms with E-state index in [9.17, 15) is 4.79 Å². The molecule has 0 bridgehead atoms. The second-order valence-corrected chi connectivity index (χ2v) is 7.23. The maximum absolute atomic E-state index is 12.8. The van der Waals surface area contributed by atoms with Crippen molar-refractivity contribution in [1.82, 2.24) is 4.98 Å². The van der Waals surface area contributed by atoms with Gasteiger partial charge in [0.25, 0.3) is 0 Å². The molecule has 1 fully saturated rings. The van der Waals surface area contributed by atoms with Crippen molar-refractivity contribution in [3.8, 4) is 11.5 Å². The van der Waals surface area contributed by atoms with E-state index in [-0.39, 0.29) is 11.7 Å². The average molecular weight is 403 g/mol. The molecule has 130 valence electrons. The number of nitrogens with zero attached hydrogens (tertiary/aromatic N) is 2. The van der Waals surface area contributed by atoms with Gasteiger partial charge in [0.2, 0.25) is 0 Å². The molecule has 2 aliphatic rings. The van der Waals surface area contributed by atoms with Gasteiger partial charge in [0.1, 0.15) is 19.0 Å². The average Bonchev–Trinajstić information content (AvgIpc) is 2.68. The largest absolute Gasteiger partial charge is 0.486 e. The van der Waals surface area contributed by atoms with E-state index in [2.05, 4.69) is 25.8 Å². The number of piperidine rings is 1. The number of carbonyl (C=O) groups is 1. The van der Waals surface area contributed by atoms with Crippen LogP contribution in [0.25, 0.3) is 0 Å². The highest BCUT2D eigenvalue weighted by atomic mass is 79.9. The molecule has 6 heteroatoms. The molecule has 2 aliphatic heterocycles. The summed E-state index contributed by atoms with van der Waals surface area (Å²) in [6.07, 6.45) is 3.48. The van der Waals surface area contributed by atoms with Crippen LogP contribution >= 0.6 is 15.9 Å². The van der Waals surface area contributed by atoms with Gasteiger partial charge in [-0.2, -0.15) is 0 Å². The first kappa shape index (κ1) is 16.4. The number of ether oxygens (including phenoxy) is 2. The van der Waals surface area contributed by atoms with Gasteiger partial charge < -0.3 is 14.4 Å². The molecule has 4 rings (SSSR count). The van der Waals surface area contributed by atoms with Crippen LogP contribution in [0.1, 0.15) is 23.2 Å². The minimum Gasteiger partial charge on any atom is -0.486 e. The maximum atomic E-state index is 12.8. The Labute approximate surface area is 155 Å². The molecule has 0 saturated carbocycles. The Morgan fingerprint density at radius 3 is 2.56 bits per heavy atom. The van der Waals surface area contributed by atoms with Gasteiger partial charge in [0.15, 0.2) is 17.3 Å². The zero-order valence-electron chi connectivity index (χ0n) is 13.8. The Morgan fingerprint density at radius 2 is 1.84 bits per heavy atom. The molecule has 0 amide bonds. The van der Waals surface area contributed by atoms with Crippen molar-refractivity contribution in [3.05, 3.63) is 46.6 Å². The monoisotopic (exact) mass is 402 g/mol. The van der Waals surface area contributed by atoms with E-state index in [1.54, 1.807) is 0 Å². The molecule has 25 heavy (non-hydrogen) atoms. The number of fused-ring (bicyclic) bond motifs is 1. The van der Waals surface area contributed by atoms with E-state index < -0.39 is 0 Å². The van der Waals surface area contributed by atoms with Crippen molar-refractivity contribution in [1.29, 1.82) is 0 Å². The molecule has 1 aromatic carbocycles. The fraction of sp³-hybridized carbons (Fsp3) is 0.368. The second-order valence-electron chi connectivity index (χ2n) is 6.32. The summed E-state index contributed by atoms with van der Waals surface area (Å²) in [7, 11) is 0. The summed E-state index contributed by atoms with van der Waals surface area (Å²) in [5.74, 6) is 2.61. The summed E-state index contributed by atoms with van der Waals surface area (Å²) < 4.78 is 12.1. The van der Waals surface area contributed by atoms with Crippen LogP contribution < -0.4 is 14.4 Å². The van der Waals surface area contributed by atoms with Crippen molar-refractivity contribution in [3.63, 3.8) is 0 Å². The molecular weight excluding hydrogens is 384 g/mol. The predicted octanol–water partition coefficient (Wildman–Crippen LogP) is 3.71. The number of halogens is 1. The first-order chi connectivity index (χ1) is 12.2. The minimum absolute atomic E-state index is 0.0502. The van der Waals surface area contributed by atoms with E-state index in [0.717, 1.165) is 42.0 Å². The summed E-state index contributed by atoms with van der Waals surface area (Å²) >= 11 is 3.41. The zero-order chi connectivity index (χ0) is 17.2. The molecule has 1 aromatic heterocycles. The SMILES string of the molecule is O=C(c1ccc2c(c1)OCCO2)C1CCN(c2ccc(Br)cn2)CC1. The van der Waals surface area contributed by atoms with Crippen LogP contribution in [0.3, 0.4) is 0 Å². The minimum atomic E-state index is 0.0502. The van der Waals surface area contributed by atoms with Crippen LogP contribution in [0.4, 0.5) is 5.82 Å². The highest BCUT2D eigenvalue weighted by Gasteiger charge is 2.27. The second kappa shape index (κ2) is 7.04. The third-order valence-electron chi connectivity index (χ3n) is 4.73. The number of rotatable bonds is 3. The third-order valence-corrected chi connectivity index (χ3v) is 5.20. The summed E-state index contributed by atoms with van der Waals surface area (Å²) in [6.45, 7) is 2.78. The van der Waals surface area contributed by atoms with E-state index in [1.165, 1.54) is 0 Å². The topological polar surface area (TPSA) is 51.7 Å².